The van der Waals surface area contributed by atoms with E-state index in [1.165, 1.54) is 22.9 Å². The van der Waals surface area contributed by atoms with Crippen molar-refractivity contribution < 1.29 is 9.53 Å². The van der Waals surface area contributed by atoms with Gasteiger partial charge in [-0.2, -0.15) is 0 Å². The molecule has 3 rings (SSSR count). The second-order valence-electron chi connectivity index (χ2n) is 5.56. The lowest BCUT2D eigenvalue weighted by Crippen LogP contribution is -2.13. The van der Waals surface area contributed by atoms with E-state index in [-0.39, 0.29) is 5.91 Å². The van der Waals surface area contributed by atoms with E-state index in [1.54, 1.807) is 7.11 Å². The third-order valence-corrected chi connectivity index (χ3v) is 4.66. The highest BCUT2D eigenvalue weighted by atomic mass is 32.2. The van der Waals surface area contributed by atoms with Crippen LogP contribution in [0.1, 0.15) is 11.1 Å². The van der Waals surface area contributed by atoms with Gasteiger partial charge in [0.2, 0.25) is 5.91 Å². The zero-order valence-corrected chi connectivity index (χ0v) is 14.7. The molecule has 1 heterocycles. The Bertz CT molecular complexity index is 833. The zero-order valence-electron chi connectivity index (χ0n) is 13.8. The Kier molecular flexibility index (Phi) is 4.76. The number of imidazole rings is 1. The van der Waals surface area contributed by atoms with E-state index >= 15 is 0 Å². The lowest BCUT2D eigenvalue weighted by Gasteiger charge is -2.05. The van der Waals surface area contributed by atoms with Crippen LogP contribution in [0, 0.1) is 13.8 Å². The van der Waals surface area contributed by atoms with Gasteiger partial charge in [0.05, 0.1) is 23.9 Å². The predicted molar refractivity (Wildman–Crippen MR) is 97.9 cm³/mol. The molecule has 1 aromatic heterocycles. The summed E-state index contributed by atoms with van der Waals surface area (Å²) in [5, 5.41) is 3.61. The van der Waals surface area contributed by atoms with Crippen LogP contribution < -0.4 is 10.1 Å². The Balaban J connectivity index is 1.61. The molecule has 1 amide bonds. The second kappa shape index (κ2) is 6.97. The van der Waals surface area contributed by atoms with Gasteiger partial charge in [0, 0.05) is 5.69 Å². The van der Waals surface area contributed by atoms with Crippen LogP contribution >= 0.6 is 11.8 Å². The van der Waals surface area contributed by atoms with Crippen LogP contribution in [-0.2, 0) is 4.79 Å². The summed E-state index contributed by atoms with van der Waals surface area (Å²) in [5.41, 5.74) is 5.10. The van der Waals surface area contributed by atoms with Crippen LogP contribution in [0.4, 0.5) is 5.69 Å². The molecule has 0 spiro atoms. The monoisotopic (exact) mass is 341 g/mol. The Labute approximate surface area is 144 Å². The quantitative estimate of drug-likeness (QED) is 0.690. The van der Waals surface area contributed by atoms with Crippen molar-refractivity contribution in [1.29, 1.82) is 0 Å². The lowest BCUT2D eigenvalue weighted by molar-refractivity contribution is -0.113. The molecule has 0 aliphatic heterocycles. The topological polar surface area (TPSA) is 67.0 Å². The number of thioether (sulfide) groups is 1. The number of benzene rings is 2. The van der Waals surface area contributed by atoms with Crippen molar-refractivity contribution >= 4 is 34.4 Å². The molecule has 0 atom stereocenters. The molecule has 2 aromatic carbocycles. The van der Waals surface area contributed by atoms with Gasteiger partial charge in [-0.05, 0) is 61.4 Å². The summed E-state index contributed by atoms with van der Waals surface area (Å²) in [6.07, 6.45) is 0. The summed E-state index contributed by atoms with van der Waals surface area (Å²) < 4.78 is 5.10. The molecule has 0 aliphatic rings. The molecule has 124 valence electrons. The number of aromatic amines is 1. The number of fused-ring (bicyclic) bond motifs is 1. The maximum atomic E-state index is 12.1. The number of methoxy groups -OCH3 is 1. The van der Waals surface area contributed by atoms with Crippen LogP contribution in [0.15, 0.2) is 41.6 Å². The zero-order chi connectivity index (χ0) is 17.1. The Morgan fingerprint density at radius 2 is 1.92 bits per heavy atom. The maximum absolute atomic E-state index is 12.1. The van der Waals surface area contributed by atoms with E-state index in [0.29, 0.717) is 5.75 Å². The standard InChI is InChI=1S/C18H19N3O2S/c1-11-8-15-16(9-12(11)2)21-18(20-15)24-10-17(22)19-13-4-6-14(23-3)7-5-13/h4-9H,10H2,1-3H3,(H,19,22)(H,20,21). The first kappa shape index (κ1) is 16.4. The fourth-order valence-electron chi connectivity index (χ4n) is 2.32. The van der Waals surface area contributed by atoms with Crippen molar-refractivity contribution in [3.63, 3.8) is 0 Å². The number of amides is 1. The SMILES string of the molecule is COc1ccc(NC(=O)CSc2nc3cc(C)c(C)cc3[nH]2)cc1. The minimum Gasteiger partial charge on any atom is -0.497 e. The Morgan fingerprint density at radius 3 is 2.62 bits per heavy atom. The number of nitrogens with one attached hydrogen (secondary N) is 2. The van der Waals surface area contributed by atoms with Gasteiger partial charge in [-0.15, -0.1) is 0 Å². The average molecular weight is 341 g/mol. The molecule has 0 saturated heterocycles. The van der Waals surface area contributed by atoms with Gasteiger partial charge in [-0.1, -0.05) is 11.8 Å². The minimum absolute atomic E-state index is 0.0713. The van der Waals surface area contributed by atoms with Crippen LogP contribution in [0.25, 0.3) is 11.0 Å². The van der Waals surface area contributed by atoms with Gasteiger partial charge in [0.1, 0.15) is 5.75 Å². The highest BCUT2D eigenvalue weighted by Gasteiger charge is 2.08. The Hall–Kier alpha value is -2.47. The van der Waals surface area contributed by atoms with Gasteiger partial charge >= 0.3 is 0 Å². The van der Waals surface area contributed by atoms with Gasteiger partial charge in [0.25, 0.3) is 0 Å². The highest BCUT2D eigenvalue weighted by Crippen LogP contribution is 2.22. The number of aryl methyl sites for hydroxylation is 2. The first-order valence-corrected chi connectivity index (χ1v) is 8.57. The number of ether oxygens (including phenoxy) is 1. The number of aromatic nitrogens is 2. The van der Waals surface area contributed by atoms with Crippen LogP contribution in [0.5, 0.6) is 5.75 Å². The van der Waals surface area contributed by atoms with Crippen LogP contribution in [-0.4, -0.2) is 28.7 Å². The summed E-state index contributed by atoms with van der Waals surface area (Å²) in [6, 6.07) is 11.4. The predicted octanol–water partition coefficient (Wildman–Crippen LogP) is 3.92. The van der Waals surface area contributed by atoms with E-state index in [1.807, 2.05) is 24.3 Å². The Morgan fingerprint density at radius 1 is 1.21 bits per heavy atom. The van der Waals surface area contributed by atoms with Gasteiger partial charge in [-0.25, -0.2) is 4.98 Å². The third-order valence-electron chi connectivity index (χ3n) is 3.79. The van der Waals surface area contributed by atoms with Crippen molar-refractivity contribution in [3.05, 3.63) is 47.5 Å². The number of carbonyl (C=O) groups is 1. The summed E-state index contributed by atoms with van der Waals surface area (Å²) in [5.74, 6) is 0.984. The van der Waals surface area contributed by atoms with Crippen molar-refractivity contribution in [2.75, 3.05) is 18.2 Å². The molecule has 0 bridgehead atoms. The fourth-order valence-corrected chi connectivity index (χ4v) is 3.00. The number of rotatable bonds is 5. The molecule has 6 heteroatoms. The molecule has 0 saturated carbocycles. The van der Waals surface area contributed by atoms with Crippen LogP contribution in [0.3, 0.4) is 0 Å². The minimum atomic E-state index is -0.0713. The molecule has 0 unspecified atom stereocenters. The fraction of sp³-hybridized carbons (Fsp3) is 0.222. The molecular formula is C18H19N3O2S. The first-order valence-electron chi connectivity index (χ1n) is 7.59. The molecule has 24 heavy (non-hydrogen) atoms. The average Bonchev–Trinajstić information content (AvgIpc) is 2.96. The molecule has 0 aliphatic carbocycles. The van der Waals surface area contributed by atoms with Gasteiger partial charge in [-0.3, -0.25) is 4.79 Å². The van der Waals surface area contributed by atoms with Crippen molar-refractivity contribution in [2.24, 2.45) is 0 Å². The lowest BCUT2D eigenvalue weighted by atomic mass is 10.1. The number of H-pyrrole nitrogens is 1. The molecule has 0 fully saturated rings. The molecule has 0 radical (unpaired) electrons. The van der Waals surface area contributed by atoms with E-state index < -0.39 is 0 Å². The van der Waals surface area contributed by atoms with Gasteiger partial charge < -0.3 is 15.0 Å². The number of hydrogen-bond donors (Lipinski definition) is 2. The molecule has 5 nitrogen and oxygen atoms in total. The van der Waals surface area contributed by atoms with E-state index in [9.17, 15) is 4.79 Å². The number of hydrogen-bond acceptors (Lipinski definition) is 4. The van der Waals surface area contributed by atoms with Crippen molar-refractivity contribution in [2.45, 2.75) is 19.0 Å². The number of nitrogens with zero attached hydrogens (tertiary/aromatic N) is 1. The largest absolute Gasteiger partial charge is 0.497 e. The molecular weight excluding hydrogens is 322 g/mol. The highest BCUT2D eigenvalue weighted by molar-refractivity contribution is 7.99. The molecule has 2 N–H and O–H groups in total. The maximum Gasteiger partial charge on any atom is 0.234 e. The van der Waals surface area contributed by atoms with E-state index in [0.717, 1.165) is 27.6 Å². The summed E-state index contributed by atoms with van der Waals surface area (Å²) in [7, 11) is 1.61. The molecule has 3 aromatic rings. The number of carbonyl (C=O) groups excluding carboxylic acids is 1. The van der Waals surface area contributed by atoms with E-state index in [4.69, 9.17) is 4.74 Å². The normalized spacial score (nSPS) is 10.8. The summed E-state index contributed by atoms with van der Waals surface area (Å²) >= 11 is 1.39. The van der Waals surface area contributed by atoms with Crippen molar-refractivity contribution in [3.8, 4) is 5.75 Å². The van der Waals surface area contributed by atoms with E-state index in [2.05, 4.69) is 41.3 Å². The van der Waals surface area contributed by atoms with Crippen molar-refractivity contribution in [1.82, 2.24) is 9.97 Å². The smallest absolute Gasteiger partial charge is 0.234 e. The second-order valence-corrected chi connectivity index (χ2v) is 6.52. The third kappa shape index (κ3) is 3.71. The number of anilines is 1. The summed E-state index contributed by atoms with van der Waals surface area (Å²) in [6.45, 7) is 4.14. The summed E-state index contributed by atoms with van der Waals surface area (Å²) in [4.78, 5) is 19.8. The van der Waals surface area contributed by atoms with Crippen LogP contribution in [0.2, 0.25) is 0 Å². The first-order chi connectivity index (χ1) is 11.5. The van der Waals surface area contributed by atoms with Gasteiger partial charge in [0.15, 0.2) is 5.16 Å².